The molecule has 26 heavy (non-hydrogen) atoms. The Kier molecular flexibility index (Phi) is 4.90. The molecule has 8 nitrogen and oxygen atoms in total. The van der Waals surface area contributed by atoms with Gasteiger partial charge in [-0.25, -0.2) is 4.98 Å². The quantitative estimate of drug-likeness (QED) is 0.546. The molecule has 0 fully saturated rings. The van der Waals surface area contributed by atoms with Crippen molar-refractivity contribution in [3.05, 3.63) is 63.7 Å². The molecular formula is C17H15N5O3S. The fourth-order valence-electron chi connectivity index (χ4n) is 2.34. The third-order valence-electron chi connectivity index (χ3n) is 3.57. The van der Waals surface area contributed by atoms with Gasteiger partial charge >= 0.3 is 0 Å². The molecule has 1 N–H and O–H groups in total. The van der Waals surface area contributed by atoms with Gasteiger partial charge in [0.05, 0.1) is 16.2 Å². The summed E-state index contributed by atoms with van der Waals surface area (Å²) >= 11 is 1.26. The van der Waals surface area contributed by atoms with Gasteiger partial charge in [-0.15, -0.1) is 11.3 Å². The minimum Gasteiger partial charge on any atom is -0.377 e. The highest BCUT2D eigenvalue weighted by Gasteiger charge is 2.19. The lowest BCUT2D eigenvalue weighted by Gasteiger charge is -2.16. The molecular weight excluding hydrogens is 354 g/mol. The normalized spacial score (nSPS) is 10.4. The van der Waals surface area contributed by atoms with Crippen LogP contribution in [0.2, 0.25) is 0 Å². The van der Waals surface area contributed by atoms with Crippen molar-refractivity contribution in [2.45, 2.75) is 0 Å². The van der Waals surface area contributed by atoms with Crippen LogP contribution in [0.1, 0.15) is 10.4 Å². The Morgan fingerprint density at radius 3 is 2.69 bits per heavy atom. The fourth-order valence-corrected chi connectivity index (χ4v) is 3.04. The number of nitro groups is 1. The van der Waals surface area contributed by atoms with E-state index < -0.39 is 10.8 Å². The number of hydrogen-bond donors (Lipinski definition) is 1. The second-order valence-corrected chi connectivity index (χ2v) is 6.42. The van der Waals surface area contributed by atoms with E-state index in [1.807, 2.05) is 18.2 Å². The van der Waals surface area contributed by atoms with Crippen LogP contribution < -0.4 is 10.2 Å². The molecule has 132 valence electrons. The first-order valence-corrected chi connectivity index (χ1v) is 8.47. The Bertz CT molecular complexity index is 956. The molecule has 0 radical (unpaired) electrons. The summed E-state index contributed by atoms with van der Waals surface area (Å²) in [5, 5.41) is 15.9. The van der Waals surface area contributed by atoms with Crippen LogP contribution in [0.4, 0.5) is 16.5 Å². The predicted molar refractivity (Wildman–Crippen MR) is 101 cm³/mol. The van der Waals surface area contributed by atoms with E-state index in [0.717, 1.165) is 0 Å². The standard InChI is InChI=1S/C17H15N5O3S/c1-21(2)15-7-6-11(22(24)25)9-12(15)16(23)20-17-19-14(10-26-17)13-5-3-4-8-18-13/h3-10H,1-2H3,(H,19,20,23). The molecule has 0 spiro atoms. The van der Waals surface area contributed by atoms with E-state index >= 15 is 0 Å². The van der Waals surface area contributed by atoms with Gasteiger partial charge in [0.2, 0.25) is 0 Å². The van der Waals surface area contributed by atoms with E-state index in [4.69, 9.17) is 0 Å². The zero-order valence-corrected chi connectivity index (χ0v) is 14.9. The molecule has 9 heteroatoms. The van der Waals surface area contributed by atoms with Crippen LogP contribution in [0, 0.1) is 10.1 Å². The minimum absolute atomic E-state index is 0.144. The highest BCUT2D eigenvalue weighted by atomic mass is 32.1. The van der Waals surface area contributed by atoms with Crippen molar-refractivity contribution < 1.29 is 9.72 Å². The van der Waals surface area contributed by atoms with Crippen molar-refractivity contribution in [1.29, 1.82) is 0 Å². The Morgan fingerprint density at radius 1 is 1.23 bits per heavy atom. The average molecular weight is 369 g/mol. The number of non-ortho nitro benzene ring substituents is 1. The number of pyridine rings is 1. The number of rotatable bonds is 5. The summed E-state index contributed by atoms with van der Waals surface area (Å²) in [6.45, 7) is 0. The second-order valence-electron chi connectivity index (χ2n) is 5.56. The third kappa shape index (κ3) is 3.67. The minimum atomic E-state index is -0.529. The number of hydrogen-bond acceptors (Lipinski definition) is 7. The molecule has 0 unspecified atom stereocenters. The van der Waals surface area contributed by atoms with Crippen LogP contribution in [0.25, 0.3) is 11.4 Å². The van der Waals surface area contributed by atoms with E-state index in [0.29, 0.717) is 22.2 Å². The number of carbonyl (C=O) groups is 1. The van der Waals surface area contributed by atoms with E-state index in [-0.39, 0.29) is 11.3 Å². The molecule has 1 aromatic carbocycles. The molecule has 0 aliphatic rings. The van der Waals surface area contributed by atoms with Gasteiger partial charge in [0.15, 0.2) is 5.13 Å². The SMILES string of the molecule is CN(C)c1ccc([N+](=O)[O-])cc1C(=O)Nc1nc(-c2ccccn2)cs1. The molecule has 0 atom stereocenters. The maximum atomic E-state index is 12.7. The van der Waals surface area contributed by atoms with Gasteiger partial charge in [0.25, 0.3) is 11.6 Å². The summed E-state index contributed by atoms with van der Waals surface area (Å²) in [5.74, 6) is -0.459. The topological polar surface area (TPSA) is 101 Å². The zero-order valence-electron chi connectivity index (χ0n) is 14.0. The summed E-state index contributed by atoms with van der Waals surface area (Å²) in [7, 11) is 3.53. The van der Waals surface area contributed by atoms with E-state index in [9.17, 15) is 14.9 Å². The van der Waals surface area contributed by atoms with Gasteiger partial charge in [0, 0.05) is 43.5 Å². The van der Waals surface area contributed by atoms with Crippen LogP contribution in [0.3, 0.4) is 0 Å². The lowest BCUT2D eigenvalue weighted by atomic mass is 10.1. The Hall–Kier alpha value is -3.33. The summed E-state index contributed by atoms with van der Waals surface area (Å²) < 4.78 is 0. The monoisotopic (exact) mass is 369 g/mol. The Labute approximate surface area is 153 Å². The summed E-state index contributed by atoms with van der Waals surface area (Å²) in [5.41, 5.74) is 1.99. The summed E-state index contributed by atoms with van der Waals surface area (Å²) in [6, 6.07) is 9.67. The molecule has 0 aliphatic heterocycles. The van der Waals surface area contributed by atoms with Gasteiger partial charge in [-0.3, -0.25) is 25.2 Å². The molecule has 2 aromatic heterocycles. The van der Waals surface area contributed by atoms with Crippen LogP contribution in [-0.2, 0) is 0 Å². The molecule has 0 saturated heterocycles. The first kappa shape index (κ1) is 17.5. The second kappa shape index (κ2) is 7.28. The maximum Gasteiger partial charge on any atom is 0.270 e. The smallest absolute Gasteiger partial charge is 0.270 e. The van der Waals surface area contributed by atoms with Crippen molar-refractivity contribution >= 4 is 33.8 Å². The third-order valence-corrected chi connectivity index (χ3v) is 4.33. The Morgan fingerprint density at radius 2 is 2.04 bits per heavy atom. The molecule has 3 aromatic rings. The number of anilines is 2. The highest BCUT2D eigenvalue weighted by molar-refractivity contribution is 7.14. The van der Waals surface area contributed by atoms with Gasteiger partial charge < -0.3 is 4.90 Å². The Balaban J connectivity index is 1.87. The maximum absolute atomic E-state index is 12.7. The number of amides is 1. The lowest BCUT2D eigenvalue weighted by molar-refractivity contribution is -0.384. The van der Waals surface area contributed by atoms with Gasteiger partial charge in [-0.2, -0.15) is 0 Å². The average Bonchev–Trinajstić information content (AvgIpc) is 3.10. The van der Waals surface area contributed by atoms with Crippen molar-refractivity contribution in [1.82, 2.24) is 9.97 Å². The number of aromatic nitrogens is 2. The van der Waals surface area contributed by atoms with E-state index in [1.54, 1.807) is 36.6 Å². The van der Waals surface area contributed by atoms with Gasteiger partial charge in [-0.1, -0.05) is 6.07 Å². The molecule has 0 aliphatic carbocycles. The number of nitro benzene ring substituents is 1. The van der Waals surface area contributed by atoms with Crippen LogP contribution >= 0.6 is 11.3 Å². The molecule has 1 amide bonds. The van der Waals surface area contributed by atoms with Gasteiger partial charge in [0.1, 0.15) is 5.69 Å². The summed E-state index contributed by atoms with van der Waals surface area (Å²) in [6.07, 6.45) is 1.67. The van der Waals surface area contributed by atoms with Crippen LogP contribution in [-0.4, -0.2) is 34.9 Å². The van der Waals surface area contributed by atoms with Crippen molar-refractivity contribution in [2.24, 2.45) is 0 Å². The number of nitrogens with one attached hydrogen (secondary N) is 1. The summed E-state index contributed by atoms with van der Waals surface area (Å²) in [4.78, 5) is 33.4. The van der Waals surface area contributed by atoms with Crippen molar-refractivity contribution in [3.63, 3.8) is 0 Å². The fraction of sp³-hybridized carbons (Fsp3) is 0.118. The first-order chi connectivity index (χ1) is 12.5. The predicted octanol–water partition coefficient (Wildman–Crippen LogP) is 3.43. The number of thiazole rings is 1. The molecule has 0 bridgehead atoms. The van der Waals surface area contributed by atoms with Gasteiger partial charge in [-0.05, 0) is 18.2 Å². The number of benzene rings is 1. The molecule has 2 heterocycles. The lowest BCUT2D eigenvalue weighted by Crippen LogP contribution is -2.18. The van der Waals surface area contributed by atoms with E-state index in [2.05, 4.69) is 15.3 Å². The van der Waals surface area contributed by atoms with Crippen molar-refractivity contribution in [3.8, 4) is 11.4 Å². The first-order valence-electron chi connectivity index (χ1n) is 7.60. The molecule has 0 saturated carbocycles. The highest BCUT2D eigenvalue weighted by Crippen LogP contribution is 2.27. The van der Waals surface area contributed by atoms with Crippen LogP contribution in [0.5, 0.6) is 0 Å². The largest absolute Gasteiger partial charge is 0.377 e. The van der Waals surface area contributed by atoms with E-state index in [1.165, 1.54) is 23.5 Å². The zero-order chi connectivity index (χ0) is 18.7. The van der Waals surface area contributed by atoms with Crippen LogP contribution in [0.15, 0.2) is 48.0 Å². The number of carbonyl (C=O) groups excluding carboxylic acids is 1. The molecule has 3 rings (SSSR count). The van der Waals surface area contributed by atoms with Crippen molar-refractivity contribution in [2.75, 3.05) is 24.3 Å². The number of nitrogens with zero attached hydrogens (tertiary/aromatic N) is 4.